The molecule has 0 saturated carbocycles. The van der Waals surface area contributed by atoms with E-state index in [0.717, 1.165) is 12.8 Å². The van der Waals surface area contributed by atoms with Crippen LogP contribution in [0.5, 0.6) is 0 Å². The fourth-order valence-corrected chi connectivity index (χ4v) is 3.27. The second-order valence-electron chi connectivity index (χ2n) is 4.73. The van der Waals surface area contributed by atoms with E-state index in [9.17, 15) is 0 Å². The maximum absolute atomic E-state index is 4.59. The van der Waals surface area contributed by atoms with Crippen LogP contribution in [0.25, 0.3) is 11.3 Å². The van der Waals surface area contributed by atoms with Crippen molar-refractivity contribution in [1.82, 2.24) is 4.98 Å². The normalized spacial score (nSPS) is 15.4. The Hall–Kier alpha value is -1.63. The number of nitrogens with zero attached hydrogens (tertiary/aromatic N) is 1. The van der Waals surface area contributed by atoms with E-state index in [2.05, 4.69) is 55.2 Å². The highest BCUT2D eigenvalue weighted by Crippen LogP contribution is 2.51. The van der Waals surface area contributed by atoms with Crippen LogP contribution in [0, 0.1) is 0 Å². The lowest BCUT2D eigenvalue weighted by atomic mass is 9.74. The molecular formula is C16H17N. The summed E-state index contributed by atoms with van der Waals surface area (Å²) in [6, 6.07) is 13.0. The van der Waals surface area contributed by atoms with Crippen molar-refractivity contribution in [3.8, 4) is 11.3 Å². The van der Waals surface area contributed by atoms with Gasteiger partial charge in [0, 0.05) is 17.2 Å². The van der Waals surface area contributed by atoms with Gasteiger partial charge in [0.2, 0.25) is 0 Å². The van der Waals surface area contributed by atoms with Gasteiger partial charge in [-0.3, -0.25) is 4.98 Å². The first kappa shape index (κ1) is 10.5. The van der Waals surface area contributed by atoms with E-state index in [1.165, 1.54) is 22.4 Å². The number of pyridine rings is 1. The lowest BCUT2D eigenvalue weighted by Gasteiger charge is -2.29. The van der Waals surface area contributed by atoms with Gasteiger partial charge in [0.25, 0.3) is 0 Å². The van der Waals surface area contributed by atoms with Crippen molar-refractivity contribution in [3.63, 3.8) is 0 Å². The van der Waals surface area contributed by atoms with Gasteiger partial charge in [-0.1, -0.05) is 44.2 Å². The summed E-state index contributed by atoms with van der Waals surface area (Å²) in [6.07, 6.45) is 4.18. The first-order valence-corrected chi connectivity index (χ1v) is 6.39. The molecule has 1 nitrogen and oxygen atoms in total. The number of benzene rings is 1. The molecule has 1 heteroatoms. The molecule has 86 valence electrons. The summed E-state index contributed by atoms with van der Waals surface area (Å²) in [4.78, 5) is 4.59. The third-order valence-electron chi connectivity index (χ3n) is 4.23. The van der Waals surface area contributed by atoms with Crippen molar-refractivity contribution in [3.05, 3.63) is 53.7 Å². The van der Waals surface area contributed by atoms with E-state index in [1.807, 2.05) is 6.20 Å². The Morgan fingerprint density at radius 1 is 0.941 bits per heavy atom. The fourth-order valence-electron chi connectivity index (χ4n) is 3.27. The summed E-state index contributed by atoms with van der Waals surface area (Å²) >= 11 is 0. The predicted octanol–water partition coefficient (Wildman–Crippen LogP) is 4.17. The van der Waals surface area contributed by atoms with Crippen molar-refractivity contribution in [2.75, 3.05) is 0 Å². The van der Waals surface area contributed by atoms with Crippen LogP contribution in [0.3, 0.4) is 0 Å². The summed E-state index contributed by atoms with van der Waals surface area (Å²) in [5, 5.41) is 0. The van der Waals surface area contributed by atoms with Gasteiger partial charge >= 0.3 is 0 Å². The molecule has 0 saturated heterocycles. The monoisotopic (exact) mass is 223 g/mol. The quantitative estimate of drug-likeness (QED) is 0.744. The number of hydrogen-bond donors (Lipinski definition) is 0. The van der Waals surface area contributed by atoms with Gasteiger partial charge in [-0.2, -0.15) is 0 Å². The minimum absolute atomic E-state index is 0.181. The van der Waals surface area contributed by atoms with Gasteiger partial charge in [0.1, 0.15) is 0 Å². The molecule has 0 N–H and O–H groups in total. The van der Waals surface area contributed by atoms with Gasteiger partial charge in [-0.05, 0) is 30.0 Å². The molecular weight excluding hydrogens is 206 g/mol. The molecule has 1 aliphatic rings. The maximum atomic E-state index is 4.59. The Bertz CT molecular complexity index is 505. The van der Waals surface area contributed by atoms with E-state index >= 15 is 0 Å². The van der Waals surface area contributed by atoms with Gasteiger partial charge in [-0.15, -0.1) is 0 Å². The Kier molecular flexibility index (Phi) is 2.29. The summed E-state index contributed by atoms with van der Waals surface area (Å²) in [7, 11) is 0. The van der Waals surface area contributed by atoms with Crippen LogP contribution in [0.4, 0.5) is 0 Å². The van der Waals surface area contributed by atoms with Crippen molar-refractivity contribution in [2.45, 2.75) is 32.1 Å². The SMILES string of the molecule is CCC1(CC)c2ccccc2-c2ncccc21. The summed E-state index contributed by atoms with van der Waals surface area (Å²) in [5.41, 5.74) is 5.56. The van der Waals surface area contributed by atoms with Crippen LogP contribution >= 0.6 is 0 Å². The Balaban J connectivity index is 2.38. The van der Waals surface area contributed by atoms with Crippen LogP contribution in [0.15, 0.2) is 42.6 Å². The molecule has 0 fully saturated rings. The summed E-state index contributed by atoms with van der Waals surface area (Å²) in [5.74, 6) is 0. The van der Waals surface area contributed by atoms with Crippen molar-refractivity contribution in [1.29, 1.82) is 0 Å². The summed E-state index contributed by atoms with van der Waals surface area (Å²) < 4.78 is 0. The van der Waals surface area contributed by atoms with Crippen molar-refractivity contribution in [2.24, 2.45) is 0 Å². The number of aromatic nitrogens is 1. The van der Waals surface area contributed by atoms with Crippen molar-refractivity contribution < 1.29 is 0 Å². The van der Waals surface area contributed by atoms with Crippen LogP contribution in [-0.4, -0.2) is 4.98 Å². The highest BCUT2D eigenvalue weighted by atomic mass is 14.7. The molecule has 2 aromatic rings. The maximum Gasteiger partial charge on any atom is 0.0746 e. The van der Waals surface area contributed by atoms with Gasteiger partial charge in [-0.25, -0.2) is 0 Å². The van der Waals surface area contributed by atoms with Crippen LogP contribution in [0.2, 0.25) is 0 Å². The van der Waals surface area contributed by atoms with Crippen LogP contribution in [-0.2, 0) is 5.41 Å². The van der Waals surface area contributed by atoms with E-state index in [1.54, 1.807) is 0 Å². The zero-order valence-corrected chi connectivity index (χ0v) is 10.4. The Labute approximate surface area is 103 Å². The molecule has 0 amide bonds. The third kappa shape index (κ3) is 1.22. The lowest BCUT2D eigenvalue weighted by Crippen LogP contribution is -2.22. The fraction of sp³-hybridized carbons (Fsp3) is 0.312. The molecule has 0 aliphatic heterocycles. The largest absolute Gasteiger partial charge is 0.256 e. The predicted molar refractivity (Wildman–Crippen MR) is 71.0 cm³/mol. The highest BCUT2D eigenvalue weighted by Gasteiger charge is 2.40. The van der Waals surface area contributed by atoms with E-state index in [4.69, 9.17) is 0 Å². The molecule has 0 spiro atoms. The minimum Gasteiger partial charge on any atom is -0.256 e. The molecule has 3 rings (SSSR count). The molecule has 1 aromatic carbocycles. The zero-order valence-electron chi connectivity index (χ0n) is 10.4. The molecule has 1 heterocycles. The smallest absolute Gasteiger partial charge is 0.0746 e. The van der Waals surface area contributed by atoms with Gasteiger partial charge in [0.15, 0.2) is 0 Å². The molecule has 17 heavy (non-hydrogen) atoms. The Morgan fingerprint density at radius 3 is 2.41 bits per heavy atom. The average molecular weight is 223 g/mol. The number of fused-ring (bicyclic) bond motifs is 3. The molecule has 0 atom stereocenters. The lowest BCUT2D eigenvalue weighted by molar-refractivity contribution is 0.490. The van der Waals surface area contributed by atoms with Gasteiger partial charge < -0.3 is 0 Å². The average Bonchev–Trinajstić information content (AvgIpc) is 2.70. The summed E-state index contributed by atoms with van der Waals surface area (Å²) in [6.45, 7) is 4.56. The van der Waals surface area contributed by atoms with Gasteiger partial charge in [0.05, 0.1) is 5.69 Å². The molecule has 0 bridgehead atoms. The zero-order chi connectivity index (χ0) is 11.9. The second-order valence-corrected chi connectivity index (χ2v) is 4.73. The Morgan fingerprint density at radius 2 is 1.65 bits per heavy atom. The first-order chi connectivity index (χ1) is 8.33. The highest BCUT2D eigenvalue weighted by molar-refractivity contribution is 5.77. The minimum atomic E-state index is 0.181. The van der Waals surface area contributed by atoms with Crippen LogP contribution in [0.1, 0.15) is 37.8 Å². The third-order valence-corrected chi connectivity index (χ3v) is 4.23. The van der Waals surface area contributed by atoms with E-state index in [0.29, 0.717) is 0 Å². The van der Waals surface area contributed by atoms with E-state index in [-0.39, 0.29) is 5.41 Å². The van der Waals surface area contributed by atoms with Crippen LogP contribution < -0.4 is 0 Å². The topological polar surface area (TPSA) is 12.9 Å². The molecule has 0 unspecified atom stereocenters. The standard InChI is InChI=1S/C16H17N/c1-3-16(4-2)13-9-6-5-8-12(13)15-14(16)10-7-11-17-15/h5-11H,3-4H2,1-2H3. The molecule has 1 aliphatic carbocycles. The molecule has 1 aromatic heterocycles. The molecule has 0 radical (unpaired) electrons. The second kappa shape index (κ2) is 3.69. The van der Waals surface area contributed by atoms with E-state index < -0.39 is 0 Å². The van der Waals surface area contributed by atoms with Crippen molar-refractivity contribution >= 4 is 0 Å². The first-order valence-electron chi connectivity index (χ1n) is 6.39. The number of hydrogen-bond acceptors (Lipinski definition) is 1. The number of rotatable bonds is 2.